The predicted octanol–water partition coefficient (Wildman–Crippen LogP) is 0.578. The quantitative estimate of drug-likeness (QED) is 0.549. The molecule has 1 aromatic carbocycles. The number of aryl methyl sites for hydroxylation is 1. The maximum Gasteiger partial charge on any atom is 0.316 e. The van der Waals surface area contributed by atoms with Gasteiger partial charge in [-0.25, -0.2) is 4.79 Å². The largest absolute Gasteiger partial charge is 0.399 e. The third-order valence-corrected chi connectivity index (χ3v) is 2.59. The van der Waals surface area contributed by atoms with Crippen LogP contribution in [0.2, 0.25) is 0 Å². The smallest absolute Gasteiger partial charge is 0.316 e. The summed E-state index contributed by atoms with van der Waals surface area (Å²) < 4.78 is 0. The van der Waals surface area contributed by atoms with Gasteiger partial charge in [0.05, 0.1) is 0 Å². The van der Waals surface area contributed by atoms with Crippen molar-refractivity contribution in [3.8, 4) is 0 Å². The Morgan fingerprint density at radius 3 is 2.42 bits per heavy atom. The van der Waals surface area contributed by atoms with Crippen LogP contribution in [-0.2, 0) is 0 Å². The predicted molar refractivity (Wildman–Crippen MR) is 75.0 cm³/mol. The summed E-state index contributed by atoms with van der Waals surface area (Å²) in [6.07, 6.45) is 0. The Bertz CT molecular complexity index is 472. The summed E-state index contributed by atoms with van der Waals surface area (Å²) in [5.74, 6) is -0.170. The highest BCUT2D eigenvalue weighted by atomic mass is 16.2. The summed E-state index contributed by atoms with van der Waals surface area (Å²) in [4.78, 5) is 24.6. The Morgan fingerprint density at radius 1 is 1.21 bits per heavy atom. The van der Waals surface area contributed by atoms with Crippen molar-refractivity contribution in [2.45, 2.75) is 6.92 Å². The molecule has 0 radical (unpaired) electrons. The van der Waals surface area contributed by atoms with Gasteiger partial charge in [-0.3, -0.25) is 4.79 Å². The van der Waals surface area contributed by atoms with Crippen molar-refractivity contribution < 1.29 is 9.59 Å². The van der Waals surface area contributed by atoms with Gasteiger partial charge >= 0.3 is 6.03 Å². The van der Waals surface area contributed by atoms with E-state index in [0.717, 1.165) is 5.56 Å². The minimum atomic E-state index is -0.182. The summed E-state index contributed by atoms with van der Waals surface area (Å²) in [6.45, 7) is 2.60. The highest BCUT2D eigenvalue weighted by Crippen LogP contribution is 2.11. The van der Waals surface area contributed by atoms with Gasteiger partial charge in [-0.15, -0.1) is 0 Å². The van der Waals surface area contributed by atoms with Crippen molar-refractivity contribution in [3.05, 3.63) is 29.3 Å². The van der Waals surface area contributed by atoms with Gasteiger partial charge in [-0.05, 0) is 30.7 Å². The van der Waals surface area contributed by atoms with Crippen LogP contribution in [0.15, 0.2) is 18.2 Å². The molecule has 0 heterocycles. The number of nitrogens with two attached hydrogens (primary N) is 1. The molecule has 19 heavy (non-hydrogen) atoms. The van der Waals surface area contributed by atoms with Crippen molar-refractivity contribution >= 4 is 17.6 Å². The molecule has 0 saturated heterocycles. The van der Waals surface area contributed by atoms with Gasteiger partial charge in [0.2, 0.25) is 0 Å². The molecule has 0 aliphatic carbocycles. The van der Waals surface area contributed by atoms with Crippen LogP contribution in [0.3, 0.4) is 0 Å². The van der Waals surface area contributed by atoms with Crippen LogP contribution >= 0.6 is 0 Å². The highest BCUT2D eigenvalue weighted by molar-refractivity contribution is 5.96. The highest BCUT2D eigenvalue weighted by Gasteiger charge is 2.08. The number of nitrogens with zero attached hydrogens (tertiary/aromatic N) is 1. The zero-order valence-corrected chi connectivity index (χ0v) is 11.5. The second-order valence-corrected chi connectivity index (χ2v) is 4.46. The standard InChI is InChI=1S/C13H20N4O2/c1-9-8-10(14)4-5-11(9)12(18)15-6-7-16-13(19)17(2)3/h4-5,8H,6-7,14H2,1-3H3,(H,15,18)(H,16,19). The molecular formula is C13H20N4O2. The number of carbonyl (C=O) groups is 2. The van der Waals surface area contributed by atoms with E-state index in [-0.39, 0.29) is 11.9 Å². The van der Waals surface area contributed by atoms with Gasteiger partial charge < -0.3 is 21.3 Å². The zero-order chi connectivity index (χ0) is 14.4. The topological polar surface area (TPSA) is 87.5 Å². The van der Waals surface area contributed by atoms with Gasteiger partial charge in [0.25, 0.3) is 5.91 Å². The molecule has 0 spiro atoms. The first-order valence-electron chi connectivity index (χ1n) is 6.01. The average Bonchev–Trinajstić information content (AvgIpc) is 2.33. The molecule has 0 atom stereocenters. The normalized spacial score (nSPS) is 9.84. The molecule has 0 aliphatic rings. The van der Waals surface area contributed by atoms with Crippen LogP contribution < -0.4 is 16.4 Å². The van der Waals surface area contributed by atoms with E-state index in [4.69, 9.17) is 5.73 Å². The van der Waals surface area contributed by atoms with Crippen LogP contribution in [-0.4, -0.2) is 44.0 Å². The van der Waals surface area contributed by atoms with Crippen LogP contribution in [0.1, 0.15) is 15.9 Å². The van der Waals surface area contributed by atoms with Crippen molar-refractivity contribution in [1.82, 2.24) is 15.5 Å². The fourth-order valence-corrected chi connectivity index (χ4v) is 1.54. The SMILES string of the molecule is Cc1cc(N)ccc1C(=O)NCCNC(=O)N(C)C. The molecule has 1 rings (SSSR count). The summed E-state index contributed by atoms with van der Waals surface area (Å²) in [7, 11) is 3.32. The number of rotatable bonds is 4. The number of hydrogen-bond acceptors (Lipinski definition) is 3. The number of anilines is 1. The summed E-state index contributed by atoms with van der Waals surface area (Å²) >= 11 is 0. The lowest BCUT2D eigenvalue weighted by atomic mass is 10.1. The molecule has 6 nitrogen and oxygen atoms in total. The van der Waals surface area contributed by atoms with E-state index in [1.54, 1.807) is 32.3 Å². The van der Waals surface area contributed by atoms with E-state index in [9.17, 15) is 9.59 Å². The summed E-state index contributed by atoms with van der Waals surface area (Å²) in [5, 5.41) is 5.41. The van der Waals surface area contributed by atoms with Gasteiger partial charge in [-0.2, -0.15) is 0 Å². The lowest BCUT2D eigenvalue weighted by Gasteiger charge is -2.12. The Kier molecular flexibility index (Phi) is 5.17. The summed E-state index contributed by atoms with van der Waals surface area (Å²) in [5.41, 5.74) is 7.68. The molecule has 0 fully saturated rings. The number of amides is 3. The van der Waals surface area contributed by atoms with E-state index in [2.05, 4.69) is 10.6 Å². The minimum absolute atomic E-state index is 0.170. The Labute approximate surface area is 113 Å². The Balaban J connectivity index is 2.41. The number of urea groups is 1. The maximum atomic E-state index is 11.9. The van der Waals surface area contributed by atoms with Gasteiger partial charge in [-0.1, -0.05) is 0 Å². The fourth-order valence-electron chi connectivity index (χ4n) is 1.54. The van der Waals surface area contributed by atoms with Gasteiger partial charge in [0.1, 0.15) is 0 Å². The lowest BCUT2D eigenvalue weighted by molar-refractivity contribution is 0.0953. The fraction of sp³-hybridized carbons (Fsp3) is 0.385. The zero-order valence-electron chi connectivity index (χ0n) is 11.5. The van der Waals surface area contributed by atoms with E-state index < -0.39 is 0 Å². The van der Waals surface area contributed by atoms with E-state index in [0.29, 0.717) is 24.3 Å². The van der Waals surface area contributed by atoms with Crippen LogP contribution in [0.25, 0.3) is 0 Å². The van der Waals surface area contributed by atoms with Crippen molar-refractivity contribution in [3.63, 3.8) is 0 Å². The number of benzene rings is 1. The number of nitrogen functional groups attached to an aromatic ring is 1. The summed E-state index contributed by atoms with van der Waals surface area (Å²) in [6, 6.07) is 4.95. The van der Waals surface area contributed by atoms with Crippen molar-refractivity contribution in [1.29, 1.82) is 0 Å². The van der Waals surface area contributed by atoms with Crippen LogP contribution in [0, 0.1) is 6.92 Å². The molecule has 0 aliphatic heterocycles. The maximum absolute atomic E-state index is 11.9. The third kappa shape index (κ3) is 4.50. The molecule has 0 saturated carbocycles. The monoisotopic (exact) mass is 264 g/mol. The number of nitrogens with one attached hydrogen (secondary N) is 2. The first-order valence-corrected chi connectivity index (χ1v) is 6.01. The molecule has 3 amide bonds. The van der Waals surface area contributed by atoms with E-state index in [1.807, 2.05) is 6.92 Å². The van der Waals surface area contributed by atoms with Gasteiger partial charge in [0.15, 0.2) is 0 Å². The average molecular weight is 264 g/mol. The molecule has 104 valence electrons. The second-order valence-electron chi connectivity index (χ2n) is 4.46. The van der Waals surface area contributed by atoms with Crippen LogP contribution in [0.4, 0.5) is 10.5 Å². The molecule has 0 bridgehead atoms. The molecule has 0 aromatic heterocycles. The Morgan fingerprint density at radius 2 is 1.84 bits per heavy atom. The van der Waals surface area contributed by atoms with Crippen LogP contribution in [0.5, 0.6) is 0 Å². The lowest BCUT2D eigenvalue weighted by Crippen LogP contribution is -2.39. The number of hydrogen-bond donors (Lipinski definition) is 3. The molecule has 6 heteroatoms. The van der Waals surface area contributed by atoms with E-state index >= 15 is 0 Å². The number of carbonyl (C=O) groups excluding carboxylic acids is 2. The first-order chi connectivity index (χ1) is 8.91. The first kappa shape index (κ1) is 14.8. The molecule has 1 aromatic rings. The molecule has 0 unspecified atom stereocenters. The third-order valence-electron chi connectivity index (χ3n) is 2.59. The van der Waals surface area contributed by atoms with E-state index in [1.165, 1.54) is 4.90 Å². The Hall–Kier alpha value is -2.24. The van der Waals surface area contributed by atoms with Crippen molar-refractivity contribution in [2.24, 2.45) is 0 Å². The van der Waals surface area contributed by atoms with Crippen molar-refractivity contribution in [2.75, 3.05) is 32.9 Å². The minimum Gasteiger partial charge on any atom is -0.399 e. The molecular weight excluding hydrogens is 244 g/mol. The van der Waals surface area contributed by atoms with Gasteiger partial charge in [0, 0.05) is 38.4 Å². The molecule has 4 N–H and O–H groups in total. The second kappa shape index (κ2) is 6.63.